The Morgan fingerprint density at radius 1 is 1.16 bits per heavy atom. The number of aliphatic hydroxyl groups excluding tert-OH is 1. The van der Waals surface area contributed by atoms with Crippen molar-refractivity contribution in [3.05, 3.63) is 0 Å². The lowest BCUT2D eigenvalue weighted by atomic mass is 9.72. The molecule has 0 radical (unpaired) electrons. The van der Waals surface area contributed by atoms with E-state index in [4.69, 9.17) is 37.9 Å². The molecule has 0 aromatic heterocycles. The van der Waals surface area contributed by atoms with Crippen molar-refractivity contribution in [3.8, 4) is 0 Å². The molecule has 3 fully saturated rings. The van der Waals surface area contributed by atoms with Crippen molar-refractivity contribution in [2.24, 2.45) is 11.3 Å². The molecule has 12 heteroatoms. The van der Waals surface area contributed by atoms with Gasteiger partial charge in [-0.2, -0.15) is 0 Å². The van der Waals surface area contributed by atoms with Gasteiger partial charge < -0.3 is 48.3 Å². The van der Waals surface area contributed by atoms with E-state index in [1.807, 2.05) is 13.8 Å². The molecule has 12 nitrogen and oxygen atoms in total. The van der Waals surface area contributed by atoms with Gasteiger partial charge in [-0.15, -0.1) is 0 Å². The lowest BCUT2D eigenvalue weighted by Gasteiger charge is -2.54. The third kappa shape index (κ3) is 6.02. The van der Waals surface area contributed by atoms with Crippen LogP contribution in [0.2, 0.25) is 0 Å². The number of ether oxygens (including phenoxy) is 8. The van der Waals surface area contributed by atoms with Crippen LogP contribution in [0.3, 0.4) is 0 Å². The van der Waals surface area contributed by atoms with Crippen molar-refractivity contribution in [2.75, 3.05) is 41.8 Å². The average Bonchev–Trinajstić information content (AvgIpc) is 2.86. The van der Waals surface area contributed by atoms with Crippen LogP contribution in [0.1, 0.15) is 40.5 Å². The van der Waals surface area contributed by atoms with E-state index in [9.17, 15) is 14.7 Å². The Morgan fingerprint density at radius 2 is 1.86 bits per heavy atom. The Morgan fingerprint density at radius 3 is 2.43 bits per heavy atom. The van der Waals surface area contributed by atoms with E-state index in [1.54, 1.807) is 35.2 Å². The second-order valence-corrected chi connectivity index (χ2v) is 10.6. The minimum absolute atomic E-state index is 0.116. The summed E-state index contributed by atoms with van der Waals surface area (Å²) < 4.78 is 46.0. The summed E-state index contributed by atoms with van der Waals surface area (Å²) in [5.74, 6) is -3.18. The van der Waals surface area contributed by atoms with E-state index in [-0.39, 0.29) is 37.1 Å². The molecule has 3 heterocycles. The summed E-state index contributed by atoms with van der Waals surface area (Å²) in [6, 6.07) is 0. The maximum Gasteiger partial charge on any atom is 0.256 e. The number of fused-ring (bicyclic) bond motifs is 1. The maximum absolute atomic E-state index is 13.2. The monoisotopic (exact) mass is 533 g/mol. The van der Waals surface area contributed by atoms with Gasteiger partial charge in [0.1, 0.15) is 24.8 Å². The molecular formula is C25H43NO11. The Kier molecular flexibility index (Phi) is 10.1. The van der Waals surface area contributed by atoms with Gasteiger partial charge in [-0.25, -0.2) is 0 Å². The minimum atomic E-state index is -1.81. The van der Waals surface area contributed by atoms with Crippen LogP contribution in [0.15, 0.2) is 0 Å². The Hall–Kier alpha value is -1.22. The van der Waals surface area contributed by atoms with E-state index in [1.165, 1.54) is 7.11 Å². The molecule has 0 saturated carbocycles. The summed E-state index contributed by atoms with van der Waals surface area (Å²) in [5, 5.41) is 13.7. The van der Waals surface area contributed by atoms with E-state index in [0.29, 0.717) is 13.0 Å². The van der Waals surface area contributed by atoms with Crippen LogP contribution in [-0.2, 0) is 47.5 Å². The molecule has 0 aromatic rings. The van der Waals surface area contributed by atoms with Gasteiger partial charge in [0.05, 0.1) is 37.4 Å². The van der Waals surface area contributed by atoms with Crippen LogP contribution in [-0.4, -0.2) is 113 Å². The number of hydrogen-bond donors (Lipinski definition) is 2. The highest BCUT2D eigenvalue weighted by molar-refractivity contribution is 5.86. The predicted octanol–water partition coefficient (Wildman–Crippen LogP) is 0.379. The quantitative estimate of drug-likeness (QED) is 0.403. The molecule has 214 valence electrons. The smallest absolute Gasteiger partial charge is 0.256 e. The highest BCUT2D eigenvalue weighted by atomic mass is 16.7. The molecule has 3 saturated heterocycles. The zero-order chi connectivity index (χ0) is 27.5. The number of nitrogens with one attached hydrogen (secondary N) is 1. The number of amides is 1. The van der Waals surface area contributed by atoms with Crippen molar-refractivity contribution in [2.45, 2.75) is 95.3 Å². The van der Waals surface area contributed by atoms with Gasteiger partial charge >= 0.3 is 0 Å². The Balaban J connectivity index is 1.80. The molecule has 0 spiro atoms. The fraction of sp³-hybridized carbons (Fsp3) is 0.920. The fourth-order valence-corrected chi connectivity index (χ4v) is 5.45. The third-order valence-electron chi connectivity index (χ3n) is 8.04. The molecule has 37 heavy (non-hydrogen) atoms. The zero-order valence-corrected chi connectivity index (χ0v) is 23.1. The van der Waals surface area contributed by atoms with Crippen molar-refractivity contribution in [1.82, 2.24) is 5.32 Å². The molecule has 10 unspecified atom stereocenters. The Labute approximate surface area is 218 Å². The predicted molar refractivity (Wildman–Crippen MR) is 128 cm³/mol. The van der Waals surface area contributed by atoms with E-state index in [2.05, 4.69) is 5.32 Å². The summed E-state index contributed by atoms with van der Waals surface area (Å²) in [5.41, 5.74) is -0.477. The first-order chi connectivity index (χ1) is 17.4. The zero-order valence-electron chi connectivity index (χ0n) is 23.1. The molecule has 2 N–H and O–H groups in total. The van der Waals surface area contributed by atoms with E-state index < -0.39 is 53.9 Å². The van der Waals surface area contributed by atoms with Crippen molar-refractivity contribution in [1.29, 1.82) is 0 Å². The molecular weight excluding hydrogens is 490 g/mol. The number of carbonyl (C=O) groups is 2. The summed E-state index contributed by atoms with van der Waals surface area (Å²) in [6.45, 7) is 7.76. The number of ketones is 1. The van der Waals surface area contributed by atoms with Gasteiger partial charge in [-0.3, -0.25) is 9.59 Å². The Bertz CT molecular complexity index is 795. The summed E-state index contributed by atoms with van der Waals surface area (Å²) in [4.78, 5) is 25.7. The summed E-state index contributed by atoms with van der Waals surface area (Å²) in [6.07, 6.45) is -5.35. The normalized spacial score (nSPS) is 39.5. The minimum Gasteiger partial charge on any atom is -0.382 e. The van der Waals surface area contributed by atoms with Crippen LogP contribution in [0.5, 0.6) is 0 Å². The topological polar surface area (TPSA) is 140 Å². The third-order valence-corrected chi connectivity index (χ3v) is 8.04. The number of rotatable bonds is 10. The average molecular weight is 534 g/mol. The molecule has 10 atom stereocenters. The van der Waals surface area contributed by atoms with Gasteiger partial charge in [0.25, 0.3) is 5.91 Å². The molecule has 3 rings (SSSR count). The van der Waals surface area contributed by atoms with Crippen molar-refractivity contribution in [3.63, 3.8) is 0 Å². The van der Waals surface area contributed by atoms with Crippen LogP contribution >= 0.6 is 0 Å². The number of methoxy groups -OCH3 is 4. The lowest BCUT2D eigenvalue weighted by Crippen LogP contribution is -2.69. The van der Waals surface area contributed by atoms with Gasteiger partial charge in [-0.05, 0) is 6.92 Å². The van der Waals surface area contributed by atoms with Crippen LogP contribution in [0, 0.1) is 11.3 Å². The summed E-state index contributed by atoms with van der Waals surface area (Å²) >= 11 is 0. The highest BCUT2D eigenvalue weighted by Gasteiger charge is 2.57. The number of aliphatic hydroxyl groups is 1. The van der Waals surface area contributed by atoms with Gasteiger partial charge in [0.15, 0.2) is 12.3 Å². The van der Waals surface area contributed by atoms with Crippen LogP contribution in [0.4, 0.5) is 0 Å². The molecule has 1 amide bonds. The van der Waals surface area contributed by atoms with E-state index >= 15 is 0 Å². The van der Waals surface area contributed by atoms with E-state index in [0.717, 1.165) is 0 Å². The first-order valence-electron chi connectivity index (χ1n) is 12.6. The first kappa shape index (κ1) is 30.3. The molecule has 3 aliphatic rings. The lowest BCUT2D eigenvalue weighted by molar-refractivity contribution is -0.333. The molecule has 0 aliphatic carbocycles. The first-order valence-corrected chi connectivity index (χ1v) is 12.6. The molecule has 3 aliphatic heterocycles. The number of hydrogen-bond acceptors (Lipinski definition) is 11. The van der Waals surface area contributed by atoms with Crippen molar-refractivity contribution < 1.29 is 52.6 Å². The number of Topliss-reactive ketones (excluding diaryl/α,β-unsaturated/α-hetero) is 1. The van der Waals surface area contributed by atoms with Gasteiger partial charge in [0.2, 0.25) is 5.79 Å². The second-order valence-electron chi connectivity index (χ2n) is 10.6. The highest BCUT2D eigenvalue weighted by Crippen LogP contribution is 2.43. The number of carbonyl (C=O) groups excluding carboxylic acids is 2. The van der Waals surface area contributed by atoms with Gasteiger partial charge in [-0.1, -0.05) is 20.8 Å². The van der Waals surface area contributed by atoms with Crippen molar-refractivity contribution >= 4 is 11.7 Å². The molecule has 0 bridgehead atoms. The SMILES string of the molecule is COCC(CC1OC2C(NC(=O)C(O)C3(OC)CC(=O)C(C)C(C)O3)OCOC2C(OC)C1(C)C)OC. The fourth-order valence-electron chi connectivity index (χ4n) is 5.45. The standard InChI is InChI=1S/C25H43NO11/c1-13-14(2)37-25(33-8,10-16(13)27)20(28)22(29)26-23-19-18(34-12-35-23)21(32-7)24(3,4)17(36-19)9-15(31-6)11-30-5/h13-15,17-21,23,28H,9-12H2,1-8H3,(H,26,29). The maximum atomic E-state index is 13.2. The largest absolute Gasteiger partial charge is 0.382 e. The molecule has 0 aromatic carbocycles. The van der Waals surface area contributed by atoms with Crippen LogP contribution in [0.25, 0.3) is 0 Å². The summed E-state index contributed by atoms with van der Waals surface area (Å²) in [7, 11) is 6.11. The van der Waals surface area contributed by atoms with Crippen LogP contribution < -0.4 is 5.32 Å². The second kappa shape index (κ2) is 12.3. The van der Waals surface area contributed by atoms with Gasteiger partial charge in [0, 0.05) is 46.2 Å².